The molecular formula is C20H27N3O2S2. The molecule has 0 aromatic carbocycles. The third-order valence-corrected chi connectivity index (χ3v) is 7.98. The lowest BCUT2D eigenvalue weighted by molar-refractivity contribution is -0.120. The fourth-order valence-electron chi connectivity index (χ4n) is 4.19. The number of thiophene rings is 1. The molecule has 2 aromatic rings. The van der Waals surface area contributed by atoms with E-state index >= 15 is 0 Å². The Morgan fingerprint density at radius 3 is 2.78 bits per heavy atom. The van der Waals surface area contributed by atoms with Crippen LogP contribution in [-0.2, 0) is 24.2 Å². The maximum atomic E-state index is 13.2. The van der Waals surface area contributed by atoms with Crippen LogP contribution in [0.4, 0.5) is 0 Å². The van der Waals surface area contributed by atoms with E-state index in [1.807, 2.05) is 13.8 Å². The van der Waals surface area contributed by atoms with Crippen LogP contribution in [0, 0.1) is 0 Å². The number of amides is 1. The molecular weight excluding hydrogens is 378 g/mol. The third kappa shape index (κ3) is 3.68. The molecule has 1 unspecified atom stereocenters. The molecule has 2 aliphatic carbocycles. The highest BCUT2D eigenvalue weighted by atomic mass is 32.2. The number of fused-ring (bicyclic) bond motifs is 3. The molecule has 0 saturated heterocycles. The molecule has 0 radical (unpaired) electrons. The summed E-state index contributed by atoms with van der Waals surface area (Å²) in [6.45, 7) is 4.46. The molecule has 1 N–H and O–H groups in total. The van der Waals surface area contributed by atoms with Gasteiger partial charge in [0.2, 0.25) is 5.91 Å². The molecule has 1 fully saturated rings. The normalized spacial score (nSPS) is 18.6. The van der Waals surface area contributed by atoms with Crippen LogP contribution in [0.5, 0.6) is 0 Å². The molecule has 5 nitrogen and oxygen atoms in total. The lowest BCUT2D eigenvalue weighted by Gasteiger charge is -2.17. The number of aryl methyl sites for hydroxylation is 2. The summed E-state index contributed by atoms with van der Waals surface area (Å²) in [6.07, 6.45) is 8.95. The van der Waals surface area contributed by atoms with Crippen molar-refractivity contribution >= 4 is 39.2 Å². The van der Waals surface area contributed by atoms with Gasteiger partial charge in [-0.25, -0.2) is 4.98 Å². The summed E-state index contributed by atoms with van der Waals surface area (Å²) >= 11 is 3.08. The molecule has 0 aliphatic heterocycles. The van der Waals surface area contributed by atoms with Crippen molar-refractivity contribution < 1.29 is 4.79 Å². The summed E-state index contributed by atoms with van der Waals surface area (Å²) in [5, 5.41) is 4.39. The number of hydrogen-bond acceptors (Lipinski definition) is 5. The second-order valence-electron chi connectivity index (χ2n) is 7.58. The maximum Gasteiger partial charge on any atom is 0.263 e. The van der Waals surface area contributed by atoms with Crippen molar-refractivity contribution in [1.29, 1.82) is 0 Å². The van der Waals surface area contributed by atoms with Gasteiger partial charge in [0.25, 0.3) is 5.56 Å². The van der Waals surface area contributed by atoms with Gasteiger partial charge < -0.3 is 5.32 Å². The Kier molecular flexibility index (Phi) is 5.60. The van der Waals surface area contributed by atoms with Gasteiger partial charge >= 0.3 is 0 Å². The number of hydrogen-bond donors (Lipinski definition) is 1. The first-order chi connectivity index (χ1) is 13.1. The standard InChI is InChI=1S/C20H27N3O2S2/c1-3-23-19(25)16-14-10-6-7-11-15(14)27-18(16)22-20(23)26-12(2)17(24)21-13-8-4-5-9-13/h12-13H,3-11H2,1-2H3,(H,21,24). The second kappa shape index (κ2) is 7.95. The van der Waals surface area contributed by atoms with Crippen molar-refractivity contribution in [3.8, 4) is 0 Å². The molecule has 1 amide bonds. The van der Waals surface area contributed by atoms with Crippen LogP contribution in [-0.4, -0.2) is 26.8 Å². The molecule has 1 saturated carbocycles. The SMILES string of the molecule is CCn1c(SC(C)C(=O)NC2CCCC2)nc2sc3c(c2c1=O)CCCC3. The van der Waals surface area contributed by atoms with E-state index in [1.54, 1.807) is 15.9 Å². The first-order valence-corrected chi connectivity index (χ1v) is 11.8. The average Bonchev–Trinajstić information content (AvgIpc) is 3.28. The van der Waals surface area contributed by atoms with Gasteiger partial charge in [0.1, 0.15) is 4.83 Å². The van der Waals surface area contributed by atoms with E-state index < -0.39 is 0 Å². The van der Waals surface area contributed by atoms with Crippen LogP contribution in [0.3, 0.4) is 0 Å². The molecule has 0 bridgehead atoms. The second-order valence-corrected chi connectivity index (χ2v) is 9.98. The van der Waals surface area contributed by atoms with E-state index in [0.717, 1.165) is 42.3 Å². The van der Waals surface area contributed by atoms with Crippen LogP contribution >= 0.6 is 23.1 Å². The van der Waals surface area contributed by atoms with Gasteiger partial charge in [0.05, 0.1) is 10.6 Å². The van der Waals surface area contributed by atoms with Gasteiger partial charge in [-0.2, -0.15) is 0 Å². The van der Waals surface area contributed by atoms with Gasteiger partial charge in [-0.3, -0.25) is 14.2 Å². The zero-order valence-electron chi connectivity index (χ0n) is 16.0. The minimum absolute atomic E-state index is 0.0503. The Hall–Kier alpha value is -1.34. The highest BCUT2D eigenvalue weighted by molar-refractivity contribution is 8.00. The summed E-state index contributed by atoms with van der Waals surface area (Å²) in [4.78, 5) is 32.7. The monoisotopic (exact) mass is 405 g/mol. The maximum absolute atomic E-state index is 13.2. The van der Waals surface area contributed by atoms with E-state index in [9.17, 15) is 9.59 Å². The highest BCUT2D eigenvalue weighted by Gasteiger charge is 2.25. The van der Waals surface area contributed by atoms with E-state index in [1.165, 1.54) is 41.5 Å². The molecule has 146 valence electrons. The Bertz CT molecular complexity index is 912. The number of aromatic nitrogens is 2. The predicted octanol–water partition coefficient (Wildman–Crippen LogP) is 3.90. The van der Waals surface area contributed by atoms with Crippen LogP contribution in [0.25, 0.3) is 10.2 Å². The number of nitrogens with zero attached hydrogens (tertiary/aromatic N) is 2. The molecule has 0 spiro atoms. The van der Waals surface area contributed by atoms with Gasteiger partial charge in [-0.15, -0.1) is 11.3 Å². The van der Waals surface area contributed by atoms with Crippen molar-refractivity contribution in [1.82, 2.24) is 14.9 Å². The number of nitrogens with one attached hydrogen (secondary N) is 1. The minimum Gasteiger partial charge on any atom is -0.352 e. The van der Waals surface area contributed by atoms with Gasteiger partial charge in [-0.05, 0) is 57.9 Å². The summed E-state index contributed by atoms with van der Waals surface area (Å²) in [6, 6.07) is 0.313. The largest absolute Gasteiger partial charge is 0.352 e. The van der Waals surface area contributed by atoms with Crippen LogP contribution < -0.4 is 10.9 Å². The Balaban J connectivity index is 1.62. The Labute approximate surface area is 167 Å². The molecule has 7 heteroatoms. The van der Waals surface area contributed by atoms with Crippen LogP contribution in [0.1, 0.15) is 62.8 Å². The van der Waals surface area contributed by atoms with Crippen molar-refractivity contribution in [2.24, 2.45) is 0 Å². The van der Waals surface area contributed by atoms with Crippen molar-refractivity contribution in [2.45, 2.75) is 88.2 Å². The first kappa shape index (κ1) is 19.0. The van der Waals surface area contributed by atoms with E-state index in [0.29, 0.717) is 17.7 Å². The molecule has 4 rings (SSSR count). The topological polar surface area (TPSA) is 64.0 Å². The van der Waals surface area contributed by atoms with Gasteiger partial charge in [0, 0.05) is 17.5 Å². The quantitative estimate of drug-likeness (QED) is 0.605. The zero-order chi connectivity index (χ0) is 19.0. The van der Waals surface area contributed by atoms with Crippen molar-refractivity contribution in [3.05, 3.63) is 20.8 Å². The van der Waals surface area contributed by atoms with E-state index in [4.69, 9.17) is 4.98 Å². The van der Waals surface area contributed by atoms with E-state index in [2.05, 4.69) is 5.32 Å². The molecule has 2 heterocycles. The predicted molar refractivity (Wildman–Crippen MR) is 112 cm³/mol. The lowest BCUT2D eigenvalue weighted by Crippen LogP contribution is -2.38. The van der Waals surface area contributed by atoms with Crippen LogP contribution in [0.2, 0.25) is 0 Å². The van der Waals surface area contributed by atoms with Gasteiger partial charge in [0.15, 0.2) is 5.16 Å². The van der Waals surface area contributed by atoms with E-state index in [-0.39, 0.29) is 16.7 Å². The summed E-state index contributed by atoms with van der Waals surface area (Å²) in [5.41, 5.74) is 1.29. The summed E-state index contributed by atoms with van der Waals surface area (Å²) in [7, 11) is 0. The van der Waals surface area contributed by atoms with Crippen LogP contribution in [0.15, 0.2) is 9.95 Å². The summed E-state index contributed by atoms with van der Waals surface area (Å²) < 4.78 is 1.74. The fourth-order valence-corrected chi connectivity index (χ4v) is 6.47. The lowest BCUT2D eigenvalue weighted by atomic mass is 9.97. The highest BCUT2D eigenvalue weighted by Crippen LogP contribution is 2.35. The fraction of sp³-hybridized carbons (Fsp3) is 0.650. The average molecular weight is 406 g/mol. The van der Waals surface area contributed by atoms with Gasteiger partial charge in [-0.1, -0.05) is 24.6 Å². The molecule has 2 aliphatic rings. The summed E-state index contributed by atoms with van der Waals surface area (Å²) in [5.74, 6) is 0.0503. The number of carbonyl (C=O) groups is 1. The number of carbonyl (C=O) groups excluding carboxylic acids is 1. The third-order valence-electron chi connectivity index (χ3n) is 5.71. The zero-order valence-corrected chi connectivity index (χ0v) is 17.7. The Morgan fingerprint density at radius 2 is 2.04 bits per heavy atom. The molecule has 27 heavy (non-hydrogen) atoms. The first-order valence-electron chi connectivity index (χ1n) is 10.1. The number of rotatable bonds is 5. The Morgan fingerprint density at radius 1 is 1.30 bits per heavy atom. The van der Waals surface area contributed by atoms with Crippen molar-refractivity contribution in [2.75, 3.05) is 0 Å². The molecule has 2 aromatic heterocycles. The number of thioether (sulfide) groups is 1. The van der Waals surface area contributed by atoms with Crippen molar-refractivity contribution in [3.63, 3.8) is 0 Å². The minimum atomic E-state index is -0.262. The smallest absolute Gasteiger partial charge is 0.263 e. The molecule has 1 atom stereocenters.